The fourth-order valence-corrected chi connectivity index (χ4v) is 0.257. The van der Waals surface area contributed by atoms with Crippen molar-refractivity contribution in [1.29, 1.82) is 0 Å². The van der Waals surface area contributed by atoms with E-state index in [1.807, 2.05) is 0 Å². The van der Waals surface area contributed by atoms with E-state index in [1.54, 1.807) is 6.92 Å². The normalized spacial score (nSPS) is 6.75. The van der Waals surface area contributed by atoms with E-state index in [1.165, 1.54) is 6.92 Å². The van der Waals surface area contributed by atoms with Crippen molar-refractivity contribution >= 4 is 5.91 Å². The van der Waals surface area contributed by atoms with Gasteiger partial charge in [0.15, 0.2) is 0 Å². The lowest BCUT2D eigenvalue weighted by molar-refractivity contribution is -0.118. The Hall–Kier alpha value is -0.970. The summed E-state index contributed by atoms with van der Waals surface area (Å²) >= 11 is 0. The largest absolute Gasteiger partial charge is 0.345 e. The summed E-state index contributed by atoms with van der Waals surface area (Å²) in [7, 11) is 0. The summed E-state index contributed by atoms with van der Waals surface area (Å²) in [6, 6.07) is 0. The zero-order valence-corrected chi connectivity index (χ0v) is 5.12. The van der Waals surface area contributed by atoms with Crippen molar-refractivity contribution in [3.63, 3.8) is 0 Å². The van der Waals surface area contributed by atoms with Crippen molar-refractivity contribution in [2.24, 2.45) is 0 Å². The van der Waals surface area contributed by atoms with Crippen molar-refractivity contribution < 1.29 is 4.79 Å². The summed E-state index contributed by atoms with van der Waals surface area (Å²) in [5, 5.41) is 2.53. The fraction of sp³-hybridized carbons (Fsp3) is 0.500. The molecular formula is C6H9NO. The SMILES string of the molecule is CC#CCNC(C)=O. The maximum atomic E-state index is 10.1. The summed E-state index contributed by atoms with van der Waals surface area (Å²) in [6.45, 7) is 3.67. The highest BCUT2D eigenvalue weighted by atomic mass is 16.1. The Balaban J connectivity index is 3.14. The van der Waals surface area contributed by atoms with Crippen LogP contribution in [0.2, 0.25) is 0 Å². The second-order valence-corrected chi connectivity index (χ2v) is 1.34. The highest BCUT2D eigenvalue weighted by molar-refractivity contribution is 5.73. The number of amides is 1. The average Bonchev–Trinajstić information content (AvgIpc) is 1.66. The first-order chi connectivity index (χ1) is 3.77. The van der Waals surface area contributed by atoms with Crippen LogP contribution in [0.25, 0.3) is 0 Å². The third-order valence-corrected chi connectivity index (χ3v) is 0.602. The molecule has 44 valence electrons. The quantitative estimate of drug-likeness (QED) is 0.479. The van der Waals surface area contributed by atoms with Gasteiger partial charge in [0.1, 0.15) is 0 Å². The molecule has 8 heavy (non-hydrogen) atoms. The van der Waals surface area contributed by atoms with Gasteiger partial charge in [0, 0.05) is 6.92 Å². The van der Waals surface area contributed by atoms with Crippen molar-refractivity contribution in [3.8, 4) is 11.8 Å². The van der Waals surface area contributed by atoms with Crippen LogP contribution in [0.15, 0.2) is 0 Å². The number of rotatable bonds is 1. The molecular weight excluding hydrogens is 102 g/mol. The maximum Gasteiger partial charge on any atom is 0.217 e. The summed E-state index contributed by atoms with van der Waals surface area (Å²) < 4.78 is 0. The van der Waals surface area contributed by atoms with Crippen LogP contribution in [0.4, 0.5) is 0 Å². The molecule has 0 aromatic rings. The lowest BCUT2D eigenvalue weighted by Crippen LogP contribution is -2.19. The van der Waals surface area contributed by atoms with Gasteiger partial charge in [0.2, 0.25) is 5.91 Å². The average molecular weight is 111 g/mol. The molecule has 0 bridgehead atoms. The lowest BCUT2D eigenvalue weighted by atomic mass is 10.5. The van der Waals surface area contributed by atoms with Gasteiger partial charge in [-0.2, -0.15) is 0 Å². The molecule has 0 aromatic heterocycles. The number of carbonyl (C=O) groups excluding carboxylic acids is 1. The predicted octanol–water partition coefficient (Wildman–Crippen LogP) is 0.146. The standard InChI is InChI=1S/C6H9NO/c1-3-4-5-7-6(2)8/h5H2,1-2H3,(H,7,8). The van der Waals surface area contributed by atoms with Gasteiger partial charge < -0.3 is 5.32 Å². The Bertz CT molecular complexity index is 129. The summed E-state index contributed by atoms with van der Waals surface area (Å²) in [4.78, 5) is 10.1. The molecule has 0 fully saturated rings. The molecule has 1 amide bonds. The summed E-state index contributed by atoms with van der Waals surface area (Å²) in [5.74, 6) is 5.32. The second kappa shape index (κ2) is 4.20. The third kappa shape index (κ3) is 5.03. The molecule has 0 saturated heterocycles. The molecule has 0 atom stereocenters. The van der Waals surface area contributed by atoms with Gasteiger partial charge in [-0.1, -0.05) is 5.92 Å². The second-order valence-electron chi connectivity index (χ2n) is 1.34. The monoisotopic (exact) mass is 111 g/mol. The molecule has 2 nitrogen and oxygen atoms in total. The minimum atomic E-state index is -0.0345. The van der Waals surface area contributed by atoms with Gasteiger partial charge in [-0.05, 0) is 6.92 Å². The molecule has 0 aliphatic rings. The van der Waals surface area contributed by atoms with E-state index in [2.05, 4.69) is 17.2 Å². The maximum absolute atomic E-state index is 10.1. The molecule has 0 saturated carbocycles. The van der Waals surface area contributed by atoms with Crippen LogP contribution >= 0.6 is 0 Å². The van der Waals surface area contributed by atoms with Crippen LogP contribution < -0.4 is 5.32 Å². The fourth-order valence-electron chi connectivity index (χ4n) is 0.257. The Kier molecular flexibility index (Phi) is 3.69. The van der Waals surface area contributed by atoms with E-state index < -0.39 is 0 Å². The lowest BCUT2D eigenvalue weighted by Gasteiger charge is -1.89. The summed E-state index contributed by atoms with van der Waals surface area (Å²) in [5.41, 5.74) is 0. The van der Waals surface area contributed by atoms with Gasteiger partial charge >= 0.3 is 0 Å². The van der Waals surface area contributed by atoms with Gasteiger partial charge in [-0.15, -0.1) is 5.92 Å². The first-order valence-electron chi connectivity index (χ1n) is 2.41. The third-order valence-electron chi connectivity index (χ3n) is 0.602. The first kappa shape index (κ1) is 7.03. The Morgan fingerprint density at radius 3 is 2.75 bits per heavy atom. The minimum Gasteiger partial charge on any atom is -0.345 e. The molecule has 0 aromatic carbocycles. The van der Waals surface area contributed by atoms with E-state index in [0.29, 0.717) is 6.54 Å². The Labute approximate surface area is 49.3 Å². The van der Waals surface area contributed by atoms with Crippen LogP contribution in [0.3, 0.4) is 0 Å². The number of hydrogen-bond acceptors (Lipinski definition) is 1. The topological polar surface area (TPSA) is 29.1 Å². The Morgan fingerprint density at radius 2 is 2.38 bits per heavy atom. The van der Waals surface area contributed by atoms with Crippen molar-refractivity contribution in [1.82, 2.24) is 5.32 Å². The zero-order valence-electron chi connectivity index (χ0n) is 5.12. The van der Waals surface area contributed by atoms with Gasteiger partial charge in [-0.3, -0.25) is 4.79 Å². The van der Waals surface area contributed by atoms with E-state index in [0.717, 1.165) is 0 Å². The van der Waals surface area contributed by atoms with Crippen molar-refractivity contribution in [2.75, 3.05) is 6.54 Å². The van der Waals surface area contributed by atoms with Crippen LogP contribution in [-0.2, 0) is 4.79 Å². The molecule has 0 rings (SSSR count). The van der Waals surface area contributed by atoms with E-state index in [4.69, 9.17) is 0 Å². The summed E-state index contributed by atoms with van der Waals surface area (Å²) in [6.07, 6.45) is 0. The minimum absolute atomic E-state index is 0.0345. The van der Waals surface area contributed by atoms with E-state index >= 15 is 0 Å². The number of hydrogen-bond donors (Lipinski definition) is 1. The van der Waals surface area contributed by atoms with E-state index in [9.17, 15) is 4.79 Å². The number of nitrogens with one attached hydrogen (secondary N) is 1. The van der Waals surface area contributed by atoms with Gasteiger partial charge in [0.25, 0.3) is 0 Å². The number of carbonyl (C=O) groups is 1. The van der Waals surface area contributed by atoms with E-state index in [-0.39, 0.29) is 5.91 Å². The molecule has 0 aliphatic carbocycles. The predicted molar refractivity (Wildman–Crippen MR) is 32.1 cm³/mol. The van der Waals surface area contributed by atoms with Crippen LogP contribution in [0.5, 0.6) is 0 Å². The first-order valence-corrected chi connectivity index (χ1v) is 2.41. The van der Waals surface area contributed by atoms with Crippen molar-refractivity contribution in [3.05, 3.63) is 0 Å². The molecule has 0 unspecified atom stereocenters. The van der Waals surface area contributed by atoms with Crippen LogP contribution in [0.1, 0.15) is 13.8 Å². The van der Waals surface area contributed by atoms with Crippen LogP contribution in [-0.4, -0.2) is 12.5 Å². The highest BCUT2D eigenvalue weighted by Gasteiger charge is 1.81. The Morgan fingerprint density at radius 1 is 1.75 bits per heavy atom. The smallest absolute Gasteiger partial charge is 0.217 e. The highest BCUT2D eigenvalue weighted by Crippen LogP contribution is 1.57. The van der Waals surface area contributed by atoms with Gasteiger partial charge in [-0.25, -0.2) is 0 Å². The van der Waals surface area contributed by atoms with Gasteiger partial charge in [0.05, 0.1) is 6.54 Å². The zero-order chi connectivity index (χ0) is 6.41. The molecule has 0 radical (unpaired) electrons. The van der Waals surface area contributed by atoms with Crippen molar-refractivity contribution in [2.45, 2.75) is 13.8 Å². The molecule has 0 heterocycles. The molecule has 0 spiro atoms. The molecule has 0 aliphatic heterocycles. The molecule has 1 N–H and O–H groups in total. The van der Waals surface area contributed by atoms with Crippen LogP contribution in [0, 0.1) is 11.8 Å². The molecule has 2 heteroatoms.